The third-order valence-electron chi connectivity index (χ3n) is 2.83. The van der Waals surface area contributed by atoms with Crippen LogP contribution < -0.4 is 4.74 Å². The van der Waals surface area contributed by atoms with E-state index in [0.717, 1.165) is 0 Å². The number of rotatable bonds is 3. The lowest BCUT2D eigenvalue weighted by Gasteiger charge is -2.10. The zero-order valence-electron chi connectivity index (χ0n) is 10.9. The Bertz CT molecular complexity index is 823. The first-order valence-electron chi connectivity index (χ1n) is 6.22. The first-order chi connectivity index (χ1) is 10.5. The number of hydrogen-bond donors (Lipinski definition) is 0. The Morgan fingerprint density at radius 3 is 2.32 bits per heavy atom. The summed E-state index contributed by atoms with van der Waals surface area (Å²) in [5.74, 6) is -0.261. The van der Waals surface area contributed by atoms with E-state index in [9.17, 15) is 8.78 Å². The average molecular weight is 341 g/mol. The molecule has 0 spiro atoms. The Balaban J connectivity index is 2.12. The fourth-order valence-electron chi connectivity index (χ4n) is 1.94. The van der Waals surface area contributed by atoms with Gasteiger partial charge in [0.25, 0.3) is 6.43 Å². The summed E-state index contributed by atoms with van der Waals surface area (Å²) < 4.78 is 31.4. The normalized spacial score (nSPS) is 11.1. The van der Waals surface area contributed by atoms with Crippen LogP contribution in [0.4, 0.5) is 8.78 Å². The predicted octanol–water partition coefficient (Wildman–Crippen LogP) is 5.67. The molecule has 2 aromatic carbocycles. The third kappa shape index (κ3) is 3.10. The standard InChI is InChI=1S/C15H8Cl2F2N2O/c16-8-5-9(17)7-10(6-8)22-15-11-3-1-2-4-12(11)20-14(21-15)13(18)19/h1-7,13H. The van der Waals surface area contributed by atoms with Gasteiger partial charge in [0.1, 0.15) is 5.75 Å². The molecule has 1 aromatic heterocycles. The van der Waals surface area contributed by atoms with Crippen LogP contribution in [0.5, 0.6) is 11.6 Å². The smallest absolute Gasteiger partial charge is 0.297 e. The number of ether oxygens (including phenoxy) is 1. The van der Waals surface area contributed by atoms with Crippen molar-refractivity contribution in [3.63, 3.8) is 0 Å². The fraction of sp³-hybridized carbons (Fsp3) is 0.0667. The third-order valence-corrected chi connectivity index (χ3v) is 3.27. The summed E-state index contributed by atoms with van der Waals surface area (Å²) in [6, 6.07) is 11.3. The van der Waals surface area contributed by atoms with E-state index in [1.54, 1.807) is 30.3 Å². The summed E-state index contributed by atoms with van der Waals surface area (Å²) in [4.78, 5) is 7.60. The Hall–Kier alpha value is -1.98. The van der Waals surface area contributed by atoms with Crippen molar-refractivity contribution in [3.8, 4) is 11.6 Å². The number of benzene rings is 2. The largest absolute Gasteiger partial charge is 0.438 e. The van der Waals surface area contributed by atoms with Crippen molar-refractivity contribution >= 4 is 34.1 Å². The topological polar surface area (TPSA) is 35.0 Å². The van der Waals surface area contributed by atoms with Gasteiger partial charge in [-0.1, -0.05) is 35.3 Å². The summed E-state index contributed by atoms with van der Waals surface area (Å²) in [6.45, 7) is 0. The van der Waals surface area contributed by atoms with Crippen LogP contribution in [0.25, 0.3) is 10.9 Å². The molecule has 3 aromatic rings. The van der Waals surface area contributed by atoms with Crippen molar-refractivity contribution in [2.75, 3.05) is 0 Å². The lowest BCUT2D eigenvalue weighted by Crippen LogP contribution is -1.99. The lowest BCUT2D eigenvalue weighted by molar-refractivity contribution is 0.140. The van der Waals surface area contributed by atoms with Crippen LogP contribution in [0.3, 0.4) is 0 Å². The molecule has 0 saturated heterocycles. The van der Waals surface area contributed by atoms with Gasteiger partial charge in [0.15, 0.2) is 5.82 Å². The van der Waals surface area contributed by atoms with Crippen LogP contribution in [0.2, 0.25) is 10.0 Å². The molecule has 0 aliphatic carbocycles. The molecule has 0 aliphatic rings. The summed E-state index contributed by atoms with van der Waals surface area (Å²) >= 11 is 11.8. The molecule has 1 heterocycles. The molecule has 0 amide bonds. The molecular formula is C15H8Cl2F2N2O. The molecule has 22 heavy (non-hydrogen) atoms. The van der Waals surface area contributed by atoms with E-state index in [1.807, 2.05) is 0 Å². The molecule has 0 unspecified atom stereocenters. The summed E-state index contributed by atoms with van der Waals surface area (Å²) in [5, 5.41) is 1.26. The fourth-order valence-corrected chi connectivity index (χ4v) is 2.45. The van der Waals surface area contributed by atoms with Crippen LogP contribution in [-0.2, 0) is 0 Å². The molecule has 0 N–H and O–H groups in total. The van der Waals surface area contributed by atoms with Crippen LogP contribution in [0.1, 0.15) is 12.2 Å². The quantitative estimate of drug-likeness (QED) is 0.616. The number of para-hydroxylation sites is 1. The Morgan fingerprint density at radius 1 is 0.955 bits per heavy atom. The SMILES string of the molecule is FC(F)c1nc(Oc2cc(Cl)cc(Cl)c2)c2ccccc2n1. The van der Waals surface area contributed by atoms with Crippen molar-refractivity contribution in [2.45, 2.75) is 6.43 Å². The van der Waals surface area contributed by atoms with Crippen molar-refractivity contribution < 1.29 is 13.5 Å². The van der Waals surface area contributed by atoms with Gasteiger partial charge in [-0.15, -0.1) is 0 Å². The second-order valence-electron chi connectivity index (χ2n) is 4.41. The van der Waals surface area contributed by atoms with Crippen molar-refractivity contribution in [2.24, 2.45) is 0 Å². The van der Waals surface area contributed by atoms with E-state index in [1.165, 1.54) is 12.1 Å². The lowest BCUT2D eigenvalue weighted by atomic mass is 10.2. The molecule has 7 heteroatoms. The summed E-state index contributed by atoms with van der Waals surface area (Å²) in [5.41, 5.74) is 0.371. The second kappa shape index (κ2) is 6.02. The highest BCUT2D eigenvalue weighted by atomic mass is 35.5. The van der Waals surface area contributed by atoms with Crippen LogP contribution in [0.15, 0.2) is 42.5 Å². The monoisotopic (exact) mass is 340 g/mol. The van der Waals surface area contributed by atoms with E-state index < -0.39 is 12.2 Å². The Labute approximate surface area is 134 Å². The number of aromatic nitrogens is 2. The number of halogens is 4. The summed E-state index contributed by atoms with van der Waals surface area (Å²) in [7, 11) is 0. The Morgan fingerprint density at radius 2 is 1.64 bits per heavy atom. The van der Waals surface area contributed by atoms with Crippen LogP contribution in [0, 0.1) is 0 Å². The van der Waals surface area contributed by atoms with Gasteiger partial charge in [-0.3, -0.25) is 0 Å². The minimum absolute atomic E-state index is 0.0271. The van der Waals surface area contributed by atoms with Gasteiger partial charge in [0, 0.05) is 10.0 Å². The van der Waals surface area contributed by atoms with Crippen molar-refractivity contribution in [1.29, 1.82) is 0 Å². The molecule has 0 atom stereocenters. The minimum atomic E-state index is -2.80. The van der Waals surface area contributed by atoms with Gasteiger partial charge >= 0.3 is 0 Å². The van der Waals surface area contributed by atoms with Crippen molar-refractivity contribution in [1.82, 2.24) is 9.97 Å². The van der Waals surface area contributed by atoms with Gasteiger partial charge < -0.3 is 4.74 Å². The van der Waals surface area contributed by atoms with E-state index in [4.69, 9.17) is 27.9 Å². The number of alkyl halides is 2. The molecule has 112 valence electrons. The maximum absolute atomic E-state index is 12.9. The highest BCUT2D eigenvalue weighted by Crippen LogP contribution is 2.32. The number of hydrogen-bond acceptors (Lipinski definition) is 3. The van der Waals surface area contributed by atoms with E-state index >= 15 is 0 Å². The highest BCUT2D eigenvalue weighted by molar-refractivity contribution is 6.34. The van der Waals surface area contributed by atoms with Crippen LogP contribution >= 0.6 is 23.2 Å². The average Bonchev–Trinajstić information content (AvgIpc) is 2.46. The molecule has 0 aliphatic heterocycles. The maximum atomic E-state index is 12.9. The van der Waals surface area contributed by atoms with Crippen LogP contribution in [-0.4, -0.2) is 9.97 Å². The molecule has 0 fully saturated rings. The van der Waals surface area contributed by atoms with Gasteiger partial charge in [0.2, 0.25) is 5.88 Å². The molecule has 0 radical (unpaired) electrons. The molecule has 0 bridgehead atoms. The first-order valence-corrected chi connectivity index (χ1v) is 6.97. The number of fused-ring (bicyclic) bond motifs is 1. The molecule has 3 rings (SSSR count). The Kier molecular flexibility index (Phi) is 4.09. The van der Waals surface area contributed by atoms with E-state index in [2.05, 4.69) is 9.97 Å². The van der Waals surface area contributed by atoms with E-state index in [-0.39, 0.29) is 5.88 Å². The highest BCUT2D eigenvalue weighted by Gasteiger charge is 2.16. The van der Waals surface area contributed by atoms with Gasteiger partial charge in [0.05, 0.1) is 10.9 Å². The molecule has 0 saturated carbocycles. The van der Waals surface area contributed by atoms with Crippen molar-refractivity contribution in [3.05, 3.63) is 58.3 Å². The van der Waals surface area contributed by atoms with Gasteiger partial charge in [-0.25, -0.2) is 13.8 Å². The molecular weight excluding hydrogens is 333 g/mol. The van der Waals surface area contributed by atoms with Gasteiger partial charge in [-0.2, -0.15) is 4.98 Å². The predicted molar refractivity (Wildman–Crippen MR) is 81.0 cm³/mol. The maximum Gasteiger partial charge on any atom is 0.297 e. The van der Waals surface area contributed by atoms with Gasteiger partial charge in [-0.05, 0) is 30.3 Å². The zero-order valence-corrected chi connectivity index (χ0v) is 12.4. The first kappa shape index (κ1) is 14.9. The van der Waals surface area contributed by atoms with E-state index in [0.29, 0.717) is 26.7 Å². The number of nitrogens with zero attached hydrogens (tertiary/aromatic N) is 2. The minimum Gasteiger partial charge on any atom is -0.438 e. The second-order valence-corrected chi connectivity index (χ2v) is 5.28. The molecule has 3 nitrogen and oxygen atoms in total. The zero-order chi connectivity index (χ0) is 15.7. The summed E-state index contributed by atoms with van der Waals surface area (Å²) in [6.07, 6.45) is -2.80.